The predicted molar refractivity (Wildman–Crippen MR) is 206 cm³/mol. The lowest BCUT2D eigenvalue weighted by Gasteiger charge is -2.08. The molecule has 10 nitrogen and oxygen atoms in total. The minimum Gasteiger partial charge on any atom is -0.423 e. The van der Waals surface area contributed by atoms with Crippen molar-refractivity contribution >= 4 is 31.1 Å². The van der Waals surface area contributed by atoms with E-state index >= 15 is 0 Å². The Morgan fingerprint density at radius 2 is 0.926 bits per heavy atom. The molecule has 0 spiro atoms. The molecule has 4 heterocycles. The van der Waals surface area contributed by atoms with Crippen LogP contribution in [0.3, 0.4) is 0 Å². The molecule has 12 heteroatoms. The van der Waals surface area contributed by atoms with Gasteiger partial charge < -0.3 is 25.4 Å². The second kappa shape index (κ2) is 17.8. The summed E-state index contributed by atoms with van der Waals surface area (Å²) in [6.07, 6.45) is 16.7. The maximum absolute atomic E-state index is 11.7. The molecule has 0 saturated carbocycles. The topological polar surface area (TPSA) is 126 Å². The second-order valence-electron chi connectivity index (χ2n) is 13.6. The summed E-state index contributed by atoms with van der Waals surface area (Å²) in [5.74, 6) is -0.142. The fourth-order valence-electron chi connectivity index (χ4n) is 6.37. The zero-order chi connectivity index (χ0) is 38.0. The number of benzene rings is 2. The van der Waals surface area contributed by atoms with Crippen molar-refractivity contribution in [1.29, 1.82) is 0 Å². The number of rotatable bonds is 15. The Kier molecular flexibility index (Phi) is 12.5. The molecule has 6 rings (SSSR count). The summed E-state index contributed by atoms with van der Waals surface area (Å²) in [6, 6.07) is 29.7. The fourth-order valence-corrected chi connectivity index (χ4v) is 6.37. The summed E-state index contributed by atoms with van der Waals surface area (Å²) in [7, 11) is -3.13. The lowest BCUT2D eigenvalue weighted by atomic mass is 9.78. The number of hydrogen-bond acceptors (Lipinski definition) is 5. The molecule has 0 atom stereocenters. The Hall–Kier alpha value is -5.78. The van der Waals surface area contributed by atoms with Crippen molar-refractivity contribution in [3.8, 4) is 11.1 Å². The van der Waals surface area contributed by atoms with Gasteiger partial charge in [0.25, 0.3) is 0 Å². The molecule has 6 aromatic rings. The minimum absolute atomic E-state index is 0.142. The molecule has 0 radical (unpaired) electrons. The average Bonchev–Trinajstić information content (AvgIpc) is 3.16. The van der Waals surface area contributed by atoms with Crippen molar-refractivity contribution in [2.75, 3.05) is 6.54 Å². The van der Waals surface area contributed by atoms with Gasteiger partial charge >= 0.3 is 14.2 Å². The van der Waals surface area contributed by atoms with Gasteiger partial charge in [-0.2, -0.15) is 0 Å². The lowest BCUT2D eigenvalue weighted by molar-refractivity contribution is -0.689. The Morgan fingerprint density at radius 1 is 0.556 bits per heavy atom. The summed E-state index contributed by atoms with van der Waals surface area (Å²) in [5.41, 5.74) is 8.47. The summed E-state index contributed by atoms with van der Waals surface area (Å²) in [4.78, 5) is 11.7. The van der Waals surface area contributed by atoms with Gasteiger partial charge in [-0.15, -0.1) is 0 Å². The Bertz CT molecular complexity index is 2200. The largest absolute Gasteiger partial charge is 0.488 e. The zero-order valence-electron chi connectivity index (χ0n) is 30.4. The van der Waals surface area contributed by atoms with Gasteiger partial charge in [0.2, 0.25) is 5.91 Å². The smallest absolute Gasteiger partial charge is 0.423 e. The van der Waals surface area contributed by atoms with E-state index in [1.165, 1.54) is 0 Å². The summed E-state index contributed by atoms with van der Waals surface area (Å²) in [6.45, 7) is 8.18. The molecule has 0 aliphatic rings. The first-order valence-corrected chi connectivity index (χ1v) is 17.9. The molecular weight excluding hydrogens is 676 g/mol. The van der Waals surface area contributed by atoms with Gasteiger partial charge in [0.1, 0.15) is 0 Å². The highest BCUT2D eigenvalue weighted by Crippen LogP contribution is 2.16. The van der Waals surface area contributed by atoms with Crippen molar-refractivity contribution in [2.45, 2.75) is 39.5 Å². The zero-order valence-corrected chi connectivity index (χ0v) is 30.4. The van der Waals surface area contributed by atoms with Crippen molar-refractivity contribution in [2.24, 2.45) is 0 Å². The third kappa shape index (κ3) is 10.6. The number of aromatic nitrogens is 4. The molecule has 1 amide bonds. The van der Waals surface area contributed by atoms with Gasteiger partial charge in [-0.1, -0.05) is 36.9 Å². The number of pyridine rings is 4. The number of hydrogen-bond donors (Lipinski definition) is 5. The summed E-state index contributed by atoms with van der Waals surface area (Å²) < 4.78 is 8.20. The molecule has 0 fully saturated rings. The van der Waals surface area contributed by atoms with E-state index in [1.807, 2.05) is 113 Å². The Morgan fingerprint density at radius 3 is 1.30 bits per heavy atom. The van der Waals surface area contributed by atoms with E-state index in [4.69, 9.17) is 0 Å². The van der Waals surface area contributed by atoms with Crippen LogP contribution in [0.4, 0.5) is 0 Å². The van der Waals surface area contributed by atoms with E-state index in [2.05, 4.69) is 57.4 Å². The molecule has 270 valence electrons. The van der Waals surface area contributed by atoms with Gasteiger partial charge in [0.05, 0.1) is 0 Å². The van der Waals surface area contributed by atoms with E-state index in [0.29, 0.717) is 55.6 Å². The van der Waals surface area contributed by atoms with Crippen molar-refractivity contribution < 1.29 is 43.2 Å². The monoisotopic (exact) mass is 721 g/mol. The van der Waals surface area contributed by atoms with E-state index in [0.717, 1.165) is 38.9 Å². The molecule has 0 bridgehead atoms. The highest BCUT2D eigenvalue weighted by Gasteiger charge is 2.18. The molecular formula is C42H45B2N5O5+4. The van der Waals surface area contributed by atoms with Crippen molar-refractivity contribution in [3.05, 3.63) is 181 Å². The number of nitrogens with one attached hydrogen (secondary N) is 1. The Balaban J connectivity index is 1.09. The second-order valence-corrected chi connectivity index (χ2v) is 13.6. The van der Waals surface area contributed by atoms with Crippen LogP contribution in [0.1, 0.15) is 34.7 Å². The van der Waals surface area contributed by atoms with Crippen LogP contribution in [0.25, 0.3) is 11.1 Å². The van der Waals surface area contributed by atoms with E-state index in [9.17, 15) is 24.9 Å². The first-order chi connectivity index (χ1) is 26.1. The molecule has 0 aliphatic heterocycles. The first-order valence-electron chi connectivity index (χ1n) is 17.9. The van der Waals surface area contributed by atoms with E-state index in [1.54, 1.807) is 6.92 Å². The molecule has 0 saturated heterocycles. The average molecular weight is 721 g/mol. The molecule has 54 heavy (non-hydrogen) atoms. The molecule has 0 aliphatic carbocycles. The van der Waals surface area contributed by atoms with Crippen LogP contribution in [0.5, 0.6) is 0 Å². The molecule has 2 aromatic carbocycles. The third-order valence-electron chi connectivity index (χ3n) is 9.15. The van der Waals surface area contributed by atoms with Gasteiger partial charge in [-0.05, 0) is 53.1 Å². The number of carbonyl (C=O) groups excluding carboxylic acids is 1. The quantitative estimate of drug-likeness (QED) is 0.0593. The minimum atomic E-state index is -1.58. The van der Waals surface area contributed by atoms with Crippen LogP contribution in [0.2, 0.25) is 0 Å². The highest BCUT2D eigenvalue weighted by atomic mass is 16.4. The normalized spacial score (nSPS) is 10.9. The molecule has 0 unspecified atom stereocenters. The number of amides is 1. The SMILES string of the molecule is C=C(C)C(=O)NCCc1cc[n+](Cc2cc(C[n+]3ccc(-c4cc[n+](Cc5cc(C[n+]6ccccc6)cc(B(O)O)c5)cc4)cc3)cc(B(O)O)c2)cc1. The van der Waals surface area contributed by atoms with Crippen LogP contribution >= 0.6 is 0 Å². The fraction of sp³-hybridized carbons (Fsp3) is 0.167. The summed E-state index contributed by atoms with van der Waals surface area (Å²) in [5, 5.41) is 42.8. The number of nitrogens with zero attached hydrogens (tertiary/aromatic N) is 4. The van der Waals surface area contributed by atoms with Crippen molar-refractivity contribution in [3.63, 3.8) is 0 Å². The first kappa shape index (κ1) is 38.0. The van der Waals surface area contributed by atoms with Crippen LogP contribution in [0.15, 0.2) is 153 Å². The van der Waals surface area contributed by atoms with Gasteiger partial charge in [0.15, 0.2) is 75.8 Å². The van der Waals surface area contributed by atoms with Crippen LogP contribution < -0.4 is 34.5 Å². The van der Waals surface area contributed by atoms with Gasteiger partial charge in [0, 0.05) is 82.9 Å². The van der Waals surface area contributed by atoms with Crippen molar-refractivity contribution in [1.82, 2.24) is 5.32 Å². The predicted octanol–water partition coefficient (Wildman–Crippen LogP) is 0.291. The standard InChI is InChI=1S/C42H44B2N5O5/c1-32(2)42(50)45-13-6-33-7-16-47(17-8-33)29-35-23-37(27-41(25-35)44(53)54)31-49-20-11-39(12-21-49)38-9-18-48(19-10-38)30-36-22-34(24-40(26-36)43(51)52)28-46-14-4-3-5-15-46/h3-5,7-12,14-27,51-54H,1,6,13,28-31H2,2H3/q+3/p+1. The van der Waals surface area contributed by atoms with Crippen LogP contribution in [-0.2, 0) is 37.4 Å². The number of carbonyl (C=O) groups is 1. The van der Waals surface area contributed by atoms with Crippen LogP contribution in [-0.4, -0.2) is 46.8 Å². The highest BCUT2D eigenvalue weighted by molar-refractivity contribution is 6.59. The van der Waals surface area contributed by atoms with Gasteiger partial charge in [-0.3, -0.25) is 4.79 Å². The third-order valence-corrected chi connectivity index (χ3v) is 9.15. The Labute approximate surface area is 316 Å². The van der Waals surface area contributed by atoms with Gasteiger partial charge in [-0.25, -0.2) is 18.3 Å². The molecule has 5 N–H and O–H groups in total. The maximum Gasteiger partial charge on any atom is 0.488 e. The maximum atomic E-state index is 11.7. The van der Waals surface area contributed by atoms with Crippen LogP contribution in [0, 0.1) is 0 Å². The van der Waals surface area contributed by atoms with E-state index in [-0.39, 0.29) is 5.91 Å². The summed E-state index contributed by atoms with van der Waals surface area (Å²) >= 11 is 0. The molecule has 4 aromatic heterocycles. The lowest BCUT2D eigenvalue weighted by Crippen LogP contribution is -2.37. The van der Waals surface area contributed by atoms with E-state index < -0.39 is 14.2 Å².